The van der Waals surface area contributed by atoms with Crippen molar-refractivity contribution in [1.82, 2.24) is 24.3 Å². The Morgan fingerprint density at radius 3 is 2.83 bits per heavy atom. The van der Waals surface area contributed by atoms with Crippen LogP contribution in [0.15, 0.2) is 30.6 Å². The van der Waals surface area contributed by atoms with Crippen molar-refractivity contribution in [1.29, 1.82) is 0 Å². The number of aromatic nitrogens is 4. The second kappa shape index (κ2) is 6.22. The van der Waals surface area contributed by atoms with Gasteiger partial charge in [0.15, 0.2) is 5.15 Å². The number of halogens is 1. The maximum atomic E-state index is 6.33. The lowest BCUT2D eigenvalue weighted by Gasteiger charge is -2.16. The molecule has 1 atom stereocenters. The van der Waals surface area contributed by atoms with E-state index in [2.05, 4.69) is 26.8 Å². The van der Waals surface area contributed by atoms with Gasteiger partial charge in [-0.2, -0.15) is 0 Å². The lowest BCUT2D eigenvalue weighted by Crippen LogP contribution is -2.22. The fourth-order valence-electron chi connectivity index (χ4n) is 2.74. The van der Waals surface area contributed by atoms with Crippen molar-refractivity contribution >= 4 is 23.2 Å². The van der Waals surface area contributed by atoms with E-state index >= 15 is 0 Å². The number of hydrogen-bond acceptors (Lipinski definition) is 4. The van der Waals surface area contributed by atoms with Crippen molar-refractivity contribution < 1.29 is 0 Å². The third kappa shape index (κ3) is 2.92. The Hall–Kier alpha value is -2.05. The van der Waals surface area contributed by atoms with E-state index in [1.54, 1.807) is 0 Å². The molecule has 3 rings (SSSR count). The first kappa shape index (κ1) is 15.8. The van der Waals surface area contributed by atoms with Gasteiger partial charge in [-0.25, -0.2) is 9.97 Å². The third-order valence-corrected chi connectivity index (χ3v) is 4.26. The molecule has 0 amide bonds. The van der Waals surface area contributed by atoms with Crippen molar-refractivity contribution in [2.24, 2.45) is 7.05 Å². The van der Waals surface area contributed by atoms with Gasteiger partial charge in [-0.3, -0.25) is 0 Å². The third-order valence-electron chi connectivity index (χ3n) is 3.98. The SMILES string of the molecule is CC(NCc1cnc(N(C)C)n1C)c1c(Cl)nc2ccccn12. The molecule has 0 saturated carbocycles. The van der Waals surface area contributed by atoms with Crippen LogP contribution >= 0.6 is 11.6 Å². The summed E-state index contributed by atoms with van der Waals surface area (Å²) in [7, 11) is 5.99. The van der Waals surface area contributed by atoms with Crippen molar-refractivity contribution in [3.63, 3.8) is 0 Å². The van der Waals surface area contributed by atoms with Gasteiger partial charge in [-0.15, -0.1) is 0 Å². The summed E-state index contributed by atoms with van der Waals surface area (Å²) in [4.78, 5) is 10.8. The fraction of sp³-hybridized carbons (Fsp3) is 0.375. The Labute approximate surface area is 140 Å². The first-order chi connectivity index (χ1) is 11.0. The summed E-state index contributed by atoms with van der Waals surface area (Å²) >= 11 is 6.33. The van der Waals surface area contributed by atoms with Gasteiger partial charge >= 0.3 is 0 Å². The van der Waals surface area contributed by atoms with Crippen LogP contribution in [0.5, 0.6) is 0 Å². The quantitative estimate of drug-likeness (QED) is 0.780. The van der Waals surface area contributed by atoms with Crippen LogP contribution < -0.4 is 10.2 Å². The smallest absolute Gasteiger partial charge is 0.204 e. The molecule has 23 heavy (non-hydrogen) atoms. The minimum absolute atomic E-state index is 0.0672. The van der Waals surface area contributed by atoms with E-state index in [4.69, 9.17) is 11.6 Å². The van der Waals surface area contributed by atoms with Crippen LogP contribution in [0, 0.1) is 0 Å². The van der Waals surface area contributed by atoms with Gasteiger partial charge in [0.1, 0.15) is 5.65 Å². The monoisotopic (exact) mass is 332 g/mol. The van der Waals surface area contributed by atoms with Crippen molar-refractivity contribution in [2.45, 2.75) is 19.5 Å². The molecule has 0 bridgehead atoms. The van der Waals surface area contributed by atoms with E-state index in [1.165, 1.54) is 0 Å². The predicted octanol–water partition coefficient (Wildman–Crippen LogP) is 2.64. The Kier molecular flexibility index (Phi) is 4.28. The highest BCUT2D eigenvalue weighted by molar-refractivity contribution is 6.30. The molecule has 1 N–H and O–H groups in total. The molecular weight excluding hydrogens is 312 g/mol. The summed E-state index contributed by atoms with van der Waals surface area (Å²) < 4.78 is 4.10. The molecular formula is C16H21ClN6. The first-order valence-corrected chi connectivity index (χ1v) is 7.90. The zero-order valence-electron chi connectivity index (χ0n) is 13.8. The van der Waals surface area contributed by atoms with Crippen LogP contribution in [0.25, 0.3) is 5.65 Å². The molecule has 3 aromatic heterocycles. The van der Waals surface area contributed by atoms with Crippen LogP contribution in [0.4, 0.5) is 5.95 Å². The lowest BCUT2D eigenvalue weighted by atomic mass is 10.2. The molecule has 1 unspecified atom stereocenters. The van der Waals surface area contributed by atoms with E-state index < -0.39 is 0 Å². The second-order valence-corrected chi connectivity index (χ2v) is 6.18. The summed E-state index contributed by atoms with van der Waals surface area (Å²) in [6, 6.07) is 5.95. The van der Waals surface area contributed by atoms with E-state index in [0.29, 0.717) is 11.7 Å². The number of rotatable bonds is 5. The van der Waals surface area contributed by atoms with Gasteiger partial charge in [0, 0.05) is 39.9 Å². The number of anilines is 1. The van der Waals surface area contributed by atoms with Gasteiger partial charge in [-0.05, 0) is 19.1 Å². The number of nitrogens with zero attached hydrogens (tertiary/aromatic N) is 5. The maximum Gasteiger partial charge on any atom is 0.204 e. The van der Waals surface area contributed by atoms with Crippen molar-refractivity contribution in [3.8, 4) is 0 Å². The van der Waals surface area contributed by atoms with Crippen LogP contribution in [0.1, 0.15) is 24.4 Å². The summed E-state index contributed by atoms with van der Waals surface area (Å²) in [5.74, 6) is 0.933. The summed E-state index contributed by atoms with van der Waals surface area (Å²) in [6.45, 7) is 2.79. The highest BCUT2D eigenvalue weighted by atomic mass is 35.5. The van der Waals surface area contributed by atoms with Gasteiger partial charge in [0.2, 0.25) is 5.95 Å². The van der Waals surface area contributed by atoms with Gasteiger partial charge in [0.25, 0.3) is 0 Å². The molecule has 3 aromatic rings. The highest BCUT2D eigenvalue weighted by Crippen LogP contribution is 2.24. The molecule has 0 aromatic carbocycles. The molecule has 0 aliphatic carbocycles. The van der Waals surface area contributed by atoms with Gasteiger partial charge in [-0.1, -0.05) is 17.7 Å². The summed E-state index contributed by atoms with van der Waals surface area (Å²) in [6.07, 6.45) is 3.88. The largest absolute Gasteiger partial charge is 0.348 e. The fourth-order valence-corrected chi connectivity index (χ4v) is 3.08. The van der Waals surface area contributed by atoms with E-state index in [-0.39, 0.29) is 6.04 Å². The summed E-state index contributed by atoms with van der Waals surface area (Å²) in [5.41, 5.74) is 2.94. The normalized spacial score (nSPS) is 12.7. The van der Waals surface area contributed by atoms with E-state index in [9.17, 15) is 0 Å². The second-order valence-electron chi connectivity index (χ2n) is 5.82. The Bertz CT molecular complexity index is 819. The molecule has 0 aliphatic heterocycles. The van der Waals surface area contributed by atoms with Crippen LogP contribution in [-0.4, -0.2) is 33.0 Å². The topological polar surface area (TPSA) is 50.4 Å². The Morgan fingerprint density at radius 1 is 1.35 bits per heavy atom. The molecule has 0 fully saturated rings. The molecule has 0 aliphatic rings. The Balaban J connectivity index is 1.79. The average molecular weight is 333 g/mol. The number of pyridine rings is 1. The van der Waals surface area contributed by atoms with Crippen LogP contribution in [0.3, 0.4) is 0 Å². The number of nitrogens with one attached hydrogen (secondary N) is 1. The zero-order chi connectivity index (χ0) is 16.6. The molecule has 7 heteroatoms. The number of imidazole rings is 2. The van der Waals surface area contributed by atoms with Gasteiger partial charge < -0.3 is 19.2 Å². The highest BCUT2D eigenvalue weighted by Gasteiger charge is 2.17. The predicted molar refractivity (Wildman–Crippen MR) is 93.0 cm³/mol. The summed E-state index contributed by atoms with van der Waals surface area (Å²) in [5, 5.41) is 4.04. The average Bonchev–Trinajstić information content (AvgIpc) is 3.04. The molecule has 122 valence electrons. The van der Waals surface area contributed by atoms with Crippen molar-refractivity contribution in [3.05, 3.63) is 47.1 Å². The standard InChI is InChI=1S/C16H21ClN6/c1-11(14-15(17)20-13-7-5-6-8-23(13)14)18-9-12-10-19-16(21(2)3)22(12)4/h5-8,10-11,18H,9H2,1-4H3. The van der Waals surface area contributed by atoms with Crippen LogP contribution in [0.2, 0.25) is 5.15 Å². The molecule has 0 radical (unpaired) electrons. The first-order valence-electron chi connectivity index (χ1n) is 7.53. The molecule has 3 heterocycles. The van der Waals surface area contributed by atoms with E-state index in [0.717, 1.165) is 23.0 Å². The number of fused-ring (bicyclic) bond motifs is 1. The number of hydrogen-bond donors (Lipinski definition) is 1. The van der Waals surface area contributed by atoms with Crippen molar-refractivity contribution in [2.75, 3.05) is 19.0 Å². The molecule has 0 saturated heterocycles. The molecule has 6 nitrogen and oxygen atoms in total. The maximum absolute atomic E-state index is 6.33. The Morgan fingerprint density at radius 2 is 2.13 bits per heavy atom. The van der Waals surface area contributed by atoms with E-state index in [1.807, 2.05) is 61.0 Å². The lowest BCUT2D eigenvalue weighted by molar-refractivity contribution is 0.543. The van der Waals surface area contributed by atoms with Gasteiger partial charge in [0.05, 0.1) is 17.6 Å². The zero-order valence-corrected chi connectivity index (χ0v) is 14.5. The minimum Gasteiger partial charge on any atom is -0.348 e. The minimum atomic E-state index is 0.0672. The van der Waals surface area contributed by atoms with Crippen LogP contribution in [-0.2, 0) is 13.6 Å². The molecule has 0 spiro atoms.